The van der Waals surface area contributed by atoms with Gasteiger partial charge in [0, 0.05) is 35.1 Å². The number of rotatable bonds is 4. The molecule has 4 aromatic rings. The summed E-state index contributed by atoms with van der Waals surface area (Å²) in [6.45, 7) is 0. The number of pyridine rings is 1. The van der Waals surface area contributed by atoms with Crippen LogP contribution in [0.3, 0.4) is 0 Å². The van der Waals surface area contributed by atoms with E-state index in [-0.39, 0.29) is 0 Å². The molecule has 5 nitrogen and oxygen atoms in total. The van der Waals surface area contributed by atoms with Crippen molar-refractivity contribution in [2.24, 2.45) is 0 Å². The summed E-state index contributed by atoms with van der Waals surface area (Å²) in [7, 11) is 0. The average Bonchev–Trinajstić information content (AvgIpc) is 2.69. The van der Waals surface area contributed by atoms with E-state index in [1.54, 1.807) is 42.9 Å². The molecule has 0 aliphatic carbocycles. The fraction of sp³-hybridized carbons (Fsp3) is 0. The van der Waals surface area contributed by atoms with Gasteiger partial charge < -0.3 is 4.74 Å². The van der Waals surface area contributed by atoms with E-state index in [4.69, 9.17) is 4.74 Å². The first-order valence-corrected chi connectivity index (χ1v) is 7.73. The molecule has 0 radical (unpaired) electrons. The van der Waals surface area contributed by atoms with E-state index in [1.807, 2.05) is 30.3 Å². The summed E-state index contributed by atoms with van der Waals surface area (Å²) in [4.78, 5) is 23.9. The molecule has 0 unspecified atom stereocenters. The van der Waals surface area contributed by atoms with E-state index >= 15 is 0 Å². The van der Waals surface area contributed by atoms with Crippen molar-refractivity contribution in [1.82, 2.24) is 15.0 Å². The minimum absolute atomic E-state index is 0.401. The van der Waals surface area contributed by atoms with Crippen LogP contribution in [0, 0.1) is 0 Å². The summed E-state index contributed by atoms with van der Waals surface area (Å²) in [6.07, 6.45) is 5.77. The molecule has 2 aromatic carbocycles. The van der Waals surface area contributed by atoms with Crippen LogP contribution in [0.15, 0.2) is 73.2 Å². The number of hydrogen-bond donors (Lipinski definition) is 0. The number of benzene rings is 2. The second kappa shape index (κ2) is 6.49. The predicted octanol–water partition coefficient (Wildman–Crippen LogP) is 4.30. The Morgan fingerprint density at radius 2 is 1.64 bits per heavy atom. The van der Waals surface area contributed by atoms with Crippen molar-refractivity contribution in [3.05, 3.63) is 78.8 Å². The van der Waals surface area contributed by atoms with E-state index in [0.717, 1.165) is 22.8 Å². The van der Waals surface area contributed by atoms with Gasteiger partial charge in [0.15, 0.2) is 0 Å². The summed E-state index contributed by atoms with van der Waals surface area (Å²) >= 11 is 0. The van der Waals surface area contributed by atoms with Crippen LogP contribution >= 0.6 is 0 Å². The van der Waals surface area contributed by atoms with Crippen LogP contribution in [0.5, 0.6) is 11.6 Å². The lowest BCUT2D eigenvalue weighted by Gasteiger charge is -2.11. The van der Waals surface area contributed by atoms with Gasteiger partial charge in [0.25, 0.3) is 0 Å². The van der Waals surface area contributed by atoms with Crippen molar-refractivity contribution in [1.29, 1.82) is 0 Å². The Bertz CT molecular complexity index is 1040. The molecule has 0 N–H and O–H groups in total. The van der Waals surface area contributed by atoms with Crippen molar-refractivity contribution in [2.45, 2.75) is 0 Å². The lowest BCUT2D eigenvalue weighted by molar-refractivity contribution is 0.112. The zero-order valence-electron chi connectivity index (χ0n) is 13.2. The molecule has 0 fully saturated rings. The van der Waals surface area contributed by atoms with Crippen LogP contribution in [0.2, 0.25) is 0 Å². The third-order valence-electron chi connectivity index (χ3n) is 3.80. The highest BCUT2D eigenvalue weighted by atomic mass is 16.5. The molecule has 2 aromatic heterocycles. The standard InChI is InChI=1S/C20H13N3O2/c24-13-14-6-8-15(9-7-14)25-20-19(22-11-12-23-20)17-3-1-5-18-16(17)4-2-10-21-18/h1-13H. The quantitative estimate of drug-likeness (QED) is 0.523. The Morgan fingerprint density at radius 1 is 0.800 bits per heavy atom. The average molecular weight is 327 g/mol. The van der Waals surface area contributed by atoms with Crippen LogP contribution in [0.25, 0.3) is 22.2 Å². The monoisotopic (exact) mass is 327 g/mol. The second-order valence-electron chi connectivity index (χ2n) is 5.37. The molecule has 25 heavy (non-hydrogen) atoms. The lowest BCUT2D eigenvalue weighted by atomic mass is 10.1. The maximum Gasteiger partial charge on any atom is 0.246 e. The van der Waals surface area contributed by atoms with E-state index in [0.29, 0.717) is 22.9 Å². The molecule has 0 aliphatic heterocycles. The van der Waals surface area contributed by atoms with Crippen LogP contribution in [0.4, 0.5) is 0 Å². The van der Waals surface area contributed by atoms with Crippen LogP contribution < -0.4 is 4.74 Å². The first-order chi connectivity index (χ1) is 12.3. The molecule has 0 spiro atoms. The normalized spacial score (nSPS) is 10.6. The summed E-state index contributed by atoms with van der Waals surface area (Å²) in [5, 5.41) is 0.978. The highest BCUT2D eigenvalue weighted by molar-refractivity contribution is 5.94. The summed E-state index contributed by atoms with van der Waals surface area (Å²) in [6, 6.07) is 16.6. The van der Waals surface area contributed by atoms with Crippen molar-refractivity contribution in [3.63, 3.8) is 0 Å². The van der Waals surface area contributed by atoms with Gasteiger partial charge in [-0.25, -0.2) is 9.97 Å². The zero-order valence-corrected chi connectivity index (χ0v) is 13.2. The van der Waals surface area contributed by atoms with E-state index in [2.05, 4.69) is 15.0 Å². The highest BCUT2D eigenvalue weighted by Gasteiger charge is 2.13. The van der Waals surface area contributed by atoms with Gasteiger partial charge in [0.05, 0.1) is 5.52 Å². The molecule has 120 valence electrons. The number of aldehydes is 1. The number of carbonyl (C=O) groups excluding carboxylic acids is 1. The van der Waals surface area contributed by atoms with Gasteiger partial charge in [-0.1, -0.05) is 18.2 Å². The van der Waals surface area contributed by atoms with E-state index in [9.17, 15) is 4.79 Å². The Labute approximate surface area is 144 Å². The SMILES string of the molecule is O=Cc1ccc(Oc2nccnc2-c2cccc3ncccc23)cc1. The second-order valence-corrected chi connectivity index (χ2v) is 5.37. The smallest absolute Gasteiger partial charge is 0.246 e. The largest absolute Gasteiger partial charge is 0.437 e. The Hall–Kier alpha value is -3.60. The molecule has 0 atom stereocenters. The first kappa shape index (κ1) is 15.0. The fourth-order valence-electron chi connectivity index (χ4n) is 2.62. The molecule has 4 rings (SSSR count). The summed E-state index contributed by atoms with van der Waals surface area (Å²) < 4.78 is 5.90. The molecular weight excluding hydrogens is 314 g/mol. The molecule has 0 bridgehead atoms. The molecule has 0 saturated carbocycles. The molecule has 0 aliphatic rings. The Balaban J connectivity index is 1.79. The van der Waals surface area contributed by atoms with Gasteiger partial charge in [-0.05, 0) is 36.4 Å². The highest BCUT2D eigenvalue weighted by Crippen LogP contribution is 2.33. The molecular formula is C20H13N3O2. The number of carbonyl (C=O) groups is 1. The van der Waals surface area contributed by atoms with Crippen LogP contribution in [-0.4, -0.2) is 21.2 Å². The zero-order chi connectivity index (χ0) is 17.1. The minimum atomic E-state index is 0.401. The fourth-order valence-corrected chi connectivity index (χ4v) is 2.62. The van der Waals surface area contributed by atoms with E-state index in [1.165, 1.54) is 0 Å². The maximum atomic E-state index is 10.8. The van der Waals surface area contributed by atoms with Crippen molar-refractivity contribution < 1.29 is 9.53 Å². The Kier molecular flexibility index (Phi) is 3.88. The number of fused-ring (bicyclic) bond motifs is 1. The van der Waals surface area contributed by atoms with Gasteiger partial charge in [0.2, 0.25) is 5.88 Å². The lowest BCUT2D eigenvalue weighted by Crippen LogP contribution is -1.95. The van der Waals surface area contributed by atoms with Gasteiger partial charge in [-0.15, -0.1) is 0 Å². The Morgan fingerprint density at radius 3 is 2.48 bits per heavy atom. The van der Waals surface area contributed by atoms with Crippen molar-refractivity contribution >= 4 is 17.2 Å². The van der Waals surface area contributed by atoms with E-state index < -0.39 is 0 Å². The molecule has 0 saturated heterocycles. The van der Waals surface area contributed by atoms with Crippen molar-refractivity contribution in [2.75, 3.05) is 0 Å². The number of nitrogens with zero attached hydrogens (tertiary/aromatic N) is 3. The van der Waals surface area contributed by atoms with Gasteiger partial charge >= 0.3 is 0 Å². The molecule has 5 heteroatoms. The van der Waals surface area contributed by atoms with Crippen molar-refractivity contribution in [3.8, 4) is 22.9 Å². The molecule has 0 amide bonds. The third-order valence-corrected chi connectivity index (χ3v) is 3.80. The topological polar surface area (TPSA) is 65.0 Å². The maximum absolute atomic E-state index is 10.8. The van der Waals surface area contributed by atoms with Gasteiger partial charge in [0.1, 0.15) is 17.7 Å². The summed E-state index contributed by atoms with van der Waals surface area (Å²) in [5.74, 6) is 0.989. The van der Waals surface area contributed by atoms with Gasteiger partial charge in [-0.2, -0.15) is 0 Å². The van der Waals surface area contributed by atoms with Crippen LogP contribution in [-0.2, 0) is 0 Å². The predicted molar refractivity (Wildman–Crippen MR) is 94.7 cm³/mol. The first-order valence-electron chi connectivity index (χ1n) is 7.73. The number of ether oxygens (including phenoxy) is 1. The number of aromatic nitrogens is 3. The minimum Gasteiger partial charge on any atom is -0.437 e. The molecule has 2 heterocycles. The summed E-state index contributed by atoms with van der Waals surface area (Å²) in [5.41, 5.74) is 3.01. The van der Waals surface area contributed by atoms with Gasteiger partial charge in [-0.3, -0.25) is 9.78 Å². The number of hydrogen-bond acceptors (Lipinski definition) is 5. The van der Waals surface area contributed by atoms with Crippen LogP contribution in [0.1, 0.15) is 10.4 Å². The third kappa shape index (κ3) is 2.95.